The predicted molar refractivity (Wildman–Crippen MR) is 95.6 cm³/mol. The van der Waals surface area contributed by atoms with Crippen LogP contribution in [-0.2, 0) is 0 Å². The van der Waals surface area contributed by atoms with Gasteiger partial charge in [0.1, 0.15) is 5.82 Å². The molecule has 1 N–H and O–H groups in total. The SMILES string of the molecule is Cc1cc(Nc2ccccc2C(=O)[O-])nc2nc3ccccc3c(=O)n12. The third-order valence-corrected chi connectivity index (χ3v) is 4.09. The summed E-state index contributed by atoms with van der Waals surface area (Å²) in [4.78, 5) is 32.8. The Kier molecular flexibility index (Phi) is 3.62. The number of nitrogens with one attached hydrogen (secondary N) is 1. The molecule has 0 aliphatic rings. The second kappa shape index (κ2) is 5.96. The van der Waals surface area contributed by atoms with Crippen molar-refractivity contribution in [3.63, 3.8) is 0 Å². The Bertz CT molecular complexity index is 1230. The van der Waals surface area contributed by atoms with Gasteiger partial charge in [0.25, 0.3) is 5.56 Å². The maximum Gasteiger partial charge on any atom is 0.267 e. The highest BCUT2D eigenvalue weighted by Crippen LogP contribution is 2.20. The minimum absolute atomic E-state index is 0.0238. The van der Waals surface area contributed by atoms with Crippen LogP contribution in [-0.4, -0.2) is 20.3 Å². The summed E-state index contributed by atoms with van der Waals surface area (Å²) in [5.41, 5.74) is 1.36. The number of carboxylic acid groups (broad SMARTS) is 1. The van der Waals surface area contributed by atoms with Gasteiger partial charge in [0.2, 0.25) is 5.78 Å². The van der Waals surface area contributed by atoms with Gasteiger partial charge < -0.3 is 15.2 Å². The topological polar surface area (TPSA) is 99.4 Å². The molecule has 0 spiro atoms. The molecule has 0 saturated carbocycles. The van der Waals surface area contributed by atoms with E-state index >= 15 is 0 Å². The van der Waals surface area contributed by atoms with Crippen LogP contribution in [0.25, 0.3) is 16.7 Å². The Labute approximate surface area is 147 Å². The summed E-state index contributed by atoms with van der Waals surface area (Å²) >= 11 is 0. The number of carbonyl (C=O) groups excluding carboxylic acids is 1. The van der Waals surface area contributed by atoms with Crippen molar-refractivity contribution >= 4 is 34.2 Å². The number of hydrogen-bond donors (Lipinski definition) is 1. The number of fused-ring (bicyclic) bond motifs is 2. The van der Waals surface area contributed by atoms with Crippen LogP contribution in [0.3, 0.4) is 0 Å². The van der Waals surface area contributed by atoms with E-state index in [9.17, 15) is 14.7 Å². The van der Waals surface area contributed by atoms with Gasteiger partial charge in [0.05, 0.1) is 16.9 Å². The highest BCUT2D eigenvalue weighted by Gasteiger charge is 2.11. The molecule has 7 nitrogen and oxygen atoms in total. The van der Waals surface area contributed by atoms with Gasteiger partial charge in [-0.15, -0.1) is 0 Å². The summed E-state index contributed by atoms with van der Waals surface area (Å²) in [7, 11) is 0. The van der Waals surface area contributed by atoms with E-state index in [1.807, 2.05) is 0 Å². The summed E-state index contributed by atoms with van der Waals surface area (Å²) in [6.45, 7) is 1.77. The molecule has 4 rings (SSSR count). The number of aromatic nitrogens is 3. The number of nitrogens with zero attached hydrogens (tertiary/aromatic N) is 3. The maximum absolute atomic E-state index is 12.7. The molecule has 2 aromatic carbocycles. The maximum atomic E-state index is 12.7. The van der Waals surface area contributed by atoms with E-state index in [1.165, 1.54) is 10.5 Å². The van der Waals surface area contributed by atoms with Crippen molar-refractivity contribution in [2.75, 3.05) is 5.32 Å². The molecule has 7 heteroatoms. The first-order valence-electron chi connectivity index (χ1n) is 7.91. The zero-order chi connectivity index (χ0) is 18.3. The van der Waals surface area contributed by atoms with E-state index in [4.69, 9.17) is 0 Å². The van der Waals surface area contributed by atoms with Crippen LogP contribution >= 0.6 is 0 Å². The van der Waals surface area contributed by atoms with Gasteiger partial charge >= 0.3 is 0 Å². The Morgan fingerprint density at radius 1 is 1.08 bits per heavy atom. The van der Waals surface area contributed by atoms with Gasteiger partial charge in [-0.25, -0.2) is 9.38 Å². The molecule has 26 heavy (non-hydrogen) atoms. The third-order valence-electron chi connectivity index (χ3n) is 4.09. The number of carboxylic acids is 1. The second-order valence-corrected chi connectivity index (χ2v) is 5.81. The minimum atomic E-state index is -1.29. The fourth-order valence-corrected chi connectivity index (χ4v) is 2.89. The average Bonchev–Trinajstić information content (AvgIpc) is 2.61. The fraction of sp³-hybridized carbons (Fsp3) is 0.0526. The van der Waals surface area contributed by atoms with Gasteiger partial charge in [-0.3, -0.25) is 4.79 Å². The van der Waals surface area contributed by atoms with E-state index in [2.05, 4.69) is 15.3 Å². The van der Waals surface area contributed by atoms with Crippen molar-refractivity contribution in [3.8, 4) is 0 Å². The predicted octanol–water partition coefficient (Wildman–Crippen LogP) is 1.66. The van der Waals surface area contributed by atoms with Crippen LogP contribution in [0.4, 0.5) is 11.5 Å². The lowest BCUT2D eigenvalue weighted by Gasteiger charge is -2.13. The lowest BCUT2D eigenvalue weighted by molar-refractivity contribution is -0.254. The smallest absolute Gasteiger partial charge is 0.267 e. The lowest BCUT2D eigenvalue weighted by atomic mass is 10.2. The molecule has 0 bridgehead atoms. The van der Waals surface area contributed by atoms with Crippen molar-refractivity contribution in [2.45, 2.75) is 6.92 Å². The fourth-order valence-electron chi connectivity index (χ4n) is 2.89. The van der Waals surface area contributed by atoms with Crippen LogP contribution < -0.4 is 16.0 Å². The standard InChI is InChI=1S/C19H14N4O3/c1-11-10-16(20-15-9-5-3-7-13(15)18(25)26)22-19-21-14-8-4-2-6-12(14)17(24)23(11)19/h2-10H,1H3,(H,25,26)(H,20,21,22)/p-1. The molecule has 0 fully saturated rings. The molecule has 0 aliphatic carbocycles. The number of benzene rings is 2. The molecule has 0 amide bonds. The van der Waals surface area contributed by atoms with Crippen LogP contribution in [0.15, 0.2) is 59.4 Å². The molecule has 2 heterocycles. The van der Waals surface area contributed by atoms with Gasteiger partial charge in [0.15, 0.2) is 0 Å². The molecule has 0 radical (unpaired) electrons. The van der Waals surface area contributed by atoms with E-state index in [0.717, 1.165) is 0 Å². The minimum Gasteiger partial charge on any atom is -0.545 e. The molecule has 0 aliphatic heterocycles. The largest absolute Gasteiger partial charge is 0.545 e. The molecule has 128 valence electrons. The summed E-state index contributed by atoms with van der Waals surface area (Å²) in [5.74, 6) is -0.661. The molecule has 0 atom stereocenters. The number of hydrogen-bond acceptors (Lipinski definition) is 6. The van der Waals surface area contributed by atoms with Gasteiger partial charge in [-0.2, -0.15) is 4.98 Å². The second-order valence-electron chi connectivity index (χ2n) is 5.81. The van der Waals surface area contributed by atoms with E-state index in [-0.39, 0.29) is 16.9 Å². The molecule has 0 saturated heterocycles. The number of anilines is 2. The van der Waals surface area contributed by atoms with E-state index in [0.29, 0.717) is 28.1 Å². The Hall–Kier alpha value is -3.74. The van der Waals surface area contributed by atoms with Crippen LogP contribution in [0.1, 0.15) is 16.1 Å². The van der Waals surface area contributed by atoms with Gasteiger partial charge in [-0.05, 0) is 25.1 Å². The van der Waals surface area contributed by atoms with Crippen molar-refractivity contribution in [1.82, 2.24) is 14.4 Å². The molecular weight excluding hydrogens is 332 g/mol. The lowest BCUT2D eigenvalue weighted by Crippen LogP contribution is -2.23. The average molecular weight is 345 g/mol. The molecular formula is C19H13N4O3-. The van der Waals surface area contributed by atoms with E-state index < -0.39 is 5.97 Å². The van der Waals surface area contributed by atoms with Crippen molar-refractivity contribution in [2.24, 2.45) is 0 Å². The van der Waals surface area contributed by atoms with Gasteiger partial charge in [0, 0.05) is 23.0 Å². The van der Waals surface area contributed by atoms with Crippen molar-refractivity contribution in [3.05, 3.63) is 76.2 Å². The first-order chi connectivity index (χ1) is 12.5. The highest BCUT2D eigenvalue weighted by molar-refractivity contribution is 5.93. The summed E-state index contributed by atoms with van der Waals surface area (Å²) in [6.07, 6.45) is 0. The van der Waals surface area contributed by atoms with Gasteiger partial charge in [-0.1, -0.05) is 30.3 Å². The Morgan fingerprint density at radius 2 is 1.81 bits per heavy atom. The zero-order valence-electron chi connectivity index (χ0n) is 13.8. The third kappa shape index (κ3) is 2.55. The van der Waals surface area contributed by atoms with Crippen molar-refractivity contribution in [1.29, 1.82) is 0 Å². The molecule has 4 aromatic rings. The normalized spacial score (nSPS) is 11.0. The Morgan fingerprint density at radius 3 is 2.62 bits per heavy atom. The monoisotopic (exact) mass is 345 g/mol. The first-order valence-corrected chi connectivity index (χ1v) is 7.91. The quantitative estimate of drug-likeness (QED) is 0.567. The Balaban J connectivity index is 1.89. The van der Waals surface area contributed by atoms with E-state index in [1.54, 1.807) is 55.5 Å². The summed E-state index contributed by atoms with van der Waals surface area (Å²) in [6, 6.07) is 15.1. The summed E-state index contributed by atoms with van der Waals surface area (Å²) < 4.78 is 1.43. The van der Waals surface area contributed by atoms with Crippen LogP contribution in [0.2, 0.25) is 0 Å². The highest BCUT2D eigenvalue weighted by atomic mass is 16.4. The number of carbonyl (C=O) groups is 1. The molecule has 2 aromatic heterocycles. The van der Waals surface area contributed by atoms with Crippen LogP contribution in [0, 0.1) is 6.92 Å². The number of rotatable bonds is 3. The number of aryl methyl sites for hydroxylation is 1. The first kappa shape index (κ1) is 15.8. The van der Waals surface area contributed by atoms with Crippen molar-refractivity contribution < 1.29 is 9.90 Å². The van der Waals surface area contributed by atoms with Crippen LogP contribution in [0.5, 0.6) is 0 Å². The number of para-hydroxylation sites is 2. The summed E-state index contributed by atoms with van der Waals surface area (Å²) in [5, 5.41) is 14.7. The number of aromatic carboxylic acids is 1. The molecule has 0 unspecified atom stereocenters. The zero-order valence-corrected chi connectivity index (χ0v) is 13.8.